The van der Waals surface area contributed by atoms with Crippen molar-refractivity contribution < 1.29 is 17.6 Å². The molecule has 2 N–H and O–H groups in total. The molecule has 0 radical (unpaired) electrons. The monoisotopic (exact) mass is 322 g/mol. The van der Waals surface area contributed by atoms with E-state index in [2.05, 4.69) is 10.1 Å². The van der Waals surface area contributed by atoms with Crippen LogP contribution in [-0.2, 0) is 6.18 Å². The molecule has 0 aliphatic carbocycles. The maximum Gasteiger partial charge on any atom is 0.416 e. The summed E-state index contributed by atoms with van der Waals surface area (Å²) in [5.41, 5.74) is 5.49. The molecule has 0 aliphatic heterocycles. The van der Waals surface area contributed by atoms with Crippen molar-refractivity contribution in [3.05, 3.63) is 60.2 Å². The molecule has 1 aromatic heterocycles. The van der Waals surface area contributed by atoms with Crippen LogP contribution in [0, 0.1) is 5.82 Å². The molecular weight excluding hydrogens is 312 g/mol. The Hall–Kier alpha value is -2.90. The van der Waals surface area contributed by atoms with Crippen LogP contribution in [0.5, 0.6) is 0 Å². The summed E-state index contributed by atoms with van der Waals surface area (Å²) in [7, 11) is 0. The Bertz CT molecular complexity index is 837. The van der Waals surface area contributed by atoms with Crippen molar-refractivity contribution in [2.45, 2.75) is 6.18 Å². The number of aromatic nitrogens is 3. The minimum atomic E-state index is -4.40. The highest BCUT2D eigenvalue weighted by Gasteiger charge is 2.30. The molecule has 4 nitrogen and oxygen atoms in total. The van der Waals surface area contributed by atoms with E-state index in [4.69, 9.17) is 5.73 Å². The number of halogens is 4. The molecule has 118 valence electrons. The second kappa shape index (κ2) is 5.38. The first-order valence-electron chi connectivity index (χ1n) is 6.49. The summed E-state index contributed by atoms with van der Waals surface area (Å²) in [4.78, 5) is 4.03. The predicted octanol–water partition coefficient (Wildman–Crippen LogP) is 3.67. The third-order valence-electron chi connectivity index (χ3n) is 3.21. The van der Waals surface area contributed by atoms with Gasteiger partial charge in [0.1, 0.15) is 12.1 Å². The highest BCUT2D eigenvalue weighted by atomic mass is 19.4. The number of hydrogen-bond donors (Lipinski definition) is 1. The van der Waals surface area contributed by atoms with Crippen molar-refractivity contribution >= 4 is 5.69 Å². The summed E-state index contributed by atoms with van der Waals surface area (Å²) in [6.45, 7) is 0. The highest BCUT2D eigenvalue weighted by molar-refractivity contribution is 5.59. The third kappa shape index (κ3) is 3.01. The van der Waals surface area contributed by atoms with E-state index in [1.165, 1.54) is 35.3 Å². The van der Waals surface area contributed by atoms with Crippen LogP contribution in [-0.4, -0.2) is 14.8 Å². The number of hydrogen-bond acceptors (Lipinski definition) is 3. The summed E-state index contributed by atoms with van der Waals surface area (Å²) in [5.74, 6) is -0.350. The summed E-state index contributed by atoms with van der Waals surface area (Å²) in [6, 6.07) is 8.63. The Morgan fingerprint density at radius 3 is 2.30 bits per heavy atom. The second-order valence-electron chi connectivity index (χ2n) is 4.79. The van der Waals surface area contributed by atoms with Gasteiger partial charge in [0.15, 0.2) is 5.82 Å². The van der Waals surface area contributed by atoms with Crippen molar-refractivity contribution in [3.63, 3.8) is 0 Å². The zero-order valence-corrected chi connectivity index (χ0v) is 11.5. The Morgan fingerprint density at radius 1 is 1.00 bits per heavy atom. The van der Waals surface area contributed by atoms with E-state index in [0.29, 0.717) is 11.3 Å². The van der Waals surface area contributed by atoms with Gasteiger partial charge in [0.25, 0.3) is 0 Å². The molecule has 8 heteroatoms. The molecule has 0 saturated carbocycles. The first-order chi connectivity index (χ1) is 10.8. The number of alkyl halides is 3. The molecule has 0 unspecified atom stereocenters. The molecule has 23 heavy (non-hydrogen) atoms. The molecule has 0 saturated heterocycles. The van der Waals surface area contributed by atoms with E-state index in [-0.39, 0.29) is 11.5 Å². The van der Waals surface area contributed by atoms with Crippen LogP contribution in [0.2, 0.25) is 0 Å². The number of nitrogen functional groups attached to an aromatic ring is 1. The zero-order valence-electron chi connectivity index (χ0n) is 11.5. The quantitative estimate of drug-likeness (QED) is 0.578. The van der Waals surface area contributed by atoms with Crippen molar-refractivity contribution in [2.75, 3.05) is 5.73 Å². The number of rotatable bonds is 2. The Morgan fingerprint density at radius 2 is 1.70 bits per heavy atom. The lowest BCUT2D eigenvalue weighted by atomic mass is 10.2. The highest BCUT2D eigenvalue weighted by Crippen LogP contribution is 2.29. The average molecular weight is 322 g/mol. The summed E-state index contributed by atoms with van der Waals surface area (Å²) in [5, 5.41) is 4.13. The Kier molecular flexibility index (Phi) is 3.51. The van der Waals surface area contributed by atoms with E-state index in [0.717, 1.165) is 12.1 Å². The number of nitrogens with zero attached hydrogens (tertiary/aromatic N) is 3. The van der Waals surface area contributed by atoms with Gasteiger partial charge >= 0.3 is 6.18 Å². The molecule has 0 spiro atoms. The van der Waals surface area contributed by atoms with Crippen LogP contribution >= 0.6 is 0 Å². The Balaban J connectivity index is 1.91. The predicted molar refractivity (Wildman–Crippen MR) is 76.2 cm³/mol. The molecule has 3 rings (SSSR count). The molecule has 0 aliphatic rings. The first kappa shape index (κ1) is 15.0. The lowest BCUT2D eigenvalue weighted by Crippen LogP contribution is -2.05. The van der Waals surface area contributed by atoms with Gasteiger partial charge in [-0.25, -0.2) is 14.1 Å². The summed E-state index contributed by atoms with van der Waals surface area (Å²) >= 11 is 0. The molecule has 3 aromatic rings. The maximum atomic E-state index is 13.5. The van der Waals surface area contributed by atoms with E-state index >= 15 is 0 Å². The van der Waals surface area contributed by atoms with E-state index < -0.39 is 17.6 Å². The van der Waals surface area contributed by atoms with Crippen LogP contribution in [0.3, 0.4) is 0 Å². The normalized spacial score (nSPS) is 11.7. The van der Waals surface area contributed by atoms with Crippen LogP contribution in [0.1, 0.15) is 5.56 Å². The maximum absolute atomic E-state index is 13.5. The average Bonchev–Trinajstić information content (AvgIpc) is 2.99. The van der Waals surface area contributed by atoms with Crippen molar-refractivity contribution in [1.29, 1.82) is 0 Å². The Labute approximate surface area is 128 Å². The fraction of sp³-hybridized carbons (Fsp3) is 0.0667. The molecule has 0 atom stereocenters. The third-order valence-corrected chi connectivity index (χ3v) is 3.21. The molecule has 0 bridgehead atoms. The van der Waals surface area contributed by atoms with Gasteiger partial charge in [-0.15, -0.1) is 5.10 Å². The summed E-state index contributed by atoms with van der Waals surface area (Å²) in [6.07, 6.45) is -3.06. The van der Waals surface area contributed by atoms with Crippen molar-refractivity contribution in [1.82, 2.24) is 14.8 Å². The van der Waals surface area contributed by atoms with Gasteiger partial charge in [0.2, 0.25) is 0 Å². The topological polar surface area (TPSA) is 56.7 Å². The lowest BCUT2D eigenvalue weighted by Gasteiger charge is -2.07. The van der Waals surface area contributed by atoms with Gasteiger partial charge in [0, 0.05) is 5.56 Å². The smallest absolute Gasteiger partial charge is 0.396 e. The van der Waals surface area contributed by atoms with Gasteiger partial charge in [-0.3, -0.25) is 0 Å². The van der Waals surface area contributed by atoms with Crippen LogP contribution in [0.25, 0.3) is 17.1 Å². The molecule has 0 fully saturated rings. The van der Waals surface area contributed by atoms with Crippen LogP contribution in [0.4, 0.5) is 23.2 Å². The van der Waals surface area contributed by atoms with Gasteiger partial charge in [-0.1, -0.05) is 0 Å². The second-order valence-corrected chi connectivity index (χ2v) is 4.79. The minimum Gasteiger partial charge on any atom is -0.396 e. The van der Waals surface area contributed by atoms with Gasteiger partial charge < -0.3 is 5.73 Å². The van der Waals surface area contributed by atoms with E-state index in [9.17, 15) is 17.6 Å². The number of anilines is 1. The summed E-state index contributed by atoms with van der Waals surface area (Å²) < 4.78 is 52.4. The fourth-order valence-electron chi connectivity index (χ4n) is 1.99. The lowest BCUT2D eigenvalue weighted by molar-refractivity contribution is -0.137. The van der Waals surface area contributed by atoms with Gasteiger partial charge in [-0.2, -0.15) is 13.2 Å². The van der Waals surface area contributed by atoms with E-state index in [1.807, 2.05) is 0 Å². The molecule has 1 heterocycles. The van der Waals surface area contributed by atoms with Crippen LogP contribution in [0.15, 0.2) is 48.8 Å². The molecular formula is C15H10F4N4. The molecule has 0 amide bonds. The fourth-order valence-corrected chi connectivity index (χ4v) is 1.99. The van der Waals surface area contributed by atoms with Gasteiger partial charge in [0.05, 0.1) is 16.9 Å². The standard InChI is InChI=1S/C15H10F4N4/c16-12-7-9(1-6-13(12)20)14-21-8-23(22-14)11-4-2-10(3-5-11)15(17,18)19/h1-8H,20H2. The first-order valence-corrected chi connectivity index (χ1v) is 6.49. The SMILES string of the molecule is Nc1ccc(-c2ncn(-c3ccc(C(F)(F)F)cc3)n2)cc1F. The zero-order chi connectivity index (χ0) is 16.6. The largest absolute Gasteiger partial charge is 0.416 e. The molecule has 2 aromatic carbocycles. The van der Waals surface area contributed by atoms with Crippen molar-refractivity contribution in [2.24, 2.45) is 0 Å². The van der Waals surface area contributed by atoms with E-state index in [1.54, 1.807) is 6.07 Å². The number of benzene rings is 2. The van der Waals surface area contributed by atoms with Crippen LogP contribution < -0.4 is 5.73 Å². The van der Waals surface area contributed by atoms with Gasteiger partial charge in [-0.05, 0) is 42.5 Å². The number of nitrogens with two attached hydrogens (primary N) is 1. The minimum absolute atomic E-state index is 0.0101. The van der Waals surface area contributed by atoms with Crippen molar-refractivity contribution in [3.8, 4) is 17.1 Å².